The van der Waals surface area contributed by atoms with E-state index in [1.54, 1.807) is 11.3 Å². The van der Waals surface area contributed by atoms with Gasteiger partial charge in [0.05, 0.1) is 5.39 Å². The highest BCUT2D eigenvalue weighted by atomic mass is 32.1. The number of hydrogen-bond acceptors (Lipinski definition) is 5. The van der Waals surface area contributed by atoms with E-state index in [1.807, 2.05) is 0 Å². The molecule has 0 spiro atoms. The predicted octanol–water partition coefficient (Wildman–Crippen LogP) is 3.44. The van der Waals surface area contributed by atoms with Crippen LogP contribution in [0.25, 0.3) is 10.2 Å². The molecule has 2 aromatic rings. The standard InChI is InChI=1S/C14H20N4S/c1-2-10-8-11-12(16-7-6-9-4-3-5-9)17-14(15)18-13(11)19-10/h8-9H,2-7H2,1H3,(H3,15,16,17,18). The summed E-state index contributed by atoms with van der Waals surface area (Å²) in [5, 5.41) is 4.56. The average molecular weight is 276 g/mol. The Morgan fingerprint density at radius 2 is 2.26 bits per heavy atom. The molecule has 0 radical (unpaired) electrons. The van der Waals surface area contributed by atoms with Crippen molar-refractivity contribution in [1.82, 2.24) is 9.97 Å². The van der Waals surface area contributed by atoms with E-state index < -0.39 is 0 Å². The van der Waals surface area contributed by atoms with Crippen molar-refractivity contribution < 1.29 is 0 Å². The number of rotatable bonds is 5. The van der Waals surface area contributed by atoms with E-state index in [9.17, 15) is 0 Å². The second kappa shape index (κ2) is 5.33. The molecule has 0 aromatic carbocycles. The van der Waals surface area contributed by atoms with Crippen molar-refractivity contribution in [2.75, 3.05) is 17.6 Å². The summed E-state index contributed by atoms with van der Waals surface area (Å²) in [5.74, 6) is 2.18. The van der Waals surface area contributed by atoms with Crippen LogP contribution in [-0.4, -0.2) is 16.5 Å². The van der Waals surface area contributed by atoms with Gasteiger partial charge in [-0.1, -0.05) is 26.2 Å². The summed E-state index contributed by atoms with van der Waals surface area (Å²) in [4.78, 5) is 11.0. The third kappa shape index (κ3) is 2.66. The molecule has 0 aliphatic heterocycles. The number of hydrogen-bond donors (Lipinski definition) is 2. The van der Waals surface area contributed by atoms with E-state index >= 15 is 0 Å². The van der Waals surface area contributed by atoms with E-state index in [0.717, 1.165) is 34.9 Å². The van der Waals surface area contributed by atoms with Gasteiger partial charge in [0.2, 0.25) is 5.95 Å². The molecule has 0 atom stereocenters. The predicted molar refractivity (Wildman–Crippen MR) is 81.7 cm³/mol. The molecule has 102 valence electrons. The Balaban J connectivity index is 1.77. The highest BCUT2D eigenvalue weighted by molar-refractivity contribution is 7.18. The van der Waals surface area contributed by atoms with Crippen LogP contribution < -0.4 is 11.1 Å². The normalized spacial score (nSPS) is 15.6. The van der Waals surface area contributed by atoms with Gasteiger partial charge >= 0.3 is 0 Å². The second-order valence-corrected chi connectivity index (χ2v) is 6.34. The van der Waals surface area contributed by atoms with Crippen molar-refractivity contribution in [3.8, 4) is 0 Å². The van der Waals surface area contributed by atoms with Crippen LogP contribution in [0.3, 0.4) is 0 Å². The quantitative estimate of drug-likeness (QED) is 0.878. The molecule has 5 heteroatoms. The van der Waals surface area contributed by atoms with Crippen molar-refractivity contribution in [2.24, 2.45) is 5.92 Å². The summed E-state index contributed by atoms with van der Waals surface area (Å²) >= 11 is 1.71. The van der Waals surface area contributed by atoms with Crippen LogP contribution in [0.4, 0.5) is 11.8 Å². The molecule has 0 unspecified atom stereocenters. The smallest absolute Gasteiger partial charge is 0.223 e. The highest BCUT2D eigenvalue weighted by Gasteiger charge is 2.17. The number of thiophene rings is 1. The zero-order valence-electron chi connectivity index (χ0n) is 11.3. The minimum Gasteiger partial charge on any atom is -0.369 e. The second-order valence-electron chi connectivity index (χ2n) is 5.23. The van der Waals surface area contributed by atoms with Crippen molar-refractivity contribution in [3.63, 3.8) is 0 Å². The van der Waals surface area contributed by atoms with Gasteiger partial charge < -0.3 is 11.1 Å². The summed E-state index contributed by atoms with van der Waals surface area (Å²) in [6.45, 7) is 3.14. The van der Waals surface area contributed by atoms with Crippen LogP contribution in [0.15, 0.2) is 6.07 Å². The molecule has 2 aromatic heterocycles. The summed E-state index contributed by atoms with van der Waals surface area (Å²) < 4.78 is 0. The topological polar surface area (TPSA) is 63.8 Å². The first kappa shape index (κ1) is 12.7. The van der Waals surface area contributed by atoms with Gasteiger partial charge in [0.1, 0.15) is 10.6 Å². The largest absolute Gasteiger partial charge is 0.369 e. The molecule has 3 N–H and O–H groups in total. The van der Waals surface area contributed by atoms with Gasteiger partial charge in [-0.15, -0.1) is 11.3 Å². The number of anilines is 2. The minimum absolute atomic E-state index is 0.364. The Morgan fingerprint density at radius 3 is 2.95 bits per heavy atom. The third-order valence-electron chi connectivity index (χ3n) is 3.88. The zero-order chi connectivity index (χ0) is 13.2. The van der Waals surface area contributed by atoms with Gasteiger partial charge in [0.15, 0.2) is 0 Å². The molecule has 19 heavy (non-hydrogen) atoms. The average Bonchev–Trinajstić information content (AvgIpc) is 2.74. The third-order valence-corrected chi connectivity index (χ3v) is 5.05. The van der Waals surface area contributed by atoms with Gasteiger partial charge in [0.25, 0.3) is 0 Å². The van der Waals surface area contributed by atoms with E-state index in [-0.39, 0.29) is 0 Å². The number of aryl methyl sites for hydroxylation is 1. The first-order valence-electron chi connectivity index (χ1n) is 7.06. The van der Waals surface area contributed by atoms with Crippen LogP contribution >= 0.6 is 11.3 Å². The van der Waals surface area contributed by atoms with Crippen LogP contribution in [0.2, 0.25) is 0 Å². The summed E-state index contributed by atoms with van der Waals surface area (Å²) in [5.41, 5.74) is 5.79. The molecule has 0 saturated heterocycles. The Morgan fingerprint density at radius 1 is 1.42 bits per heavy atom. The van der Waals surface area contributed by atoms with Crippen LogP contribution in [0.5, 0.6) is 0 Å². The molecule has 1 aliphatic carbocycles. The van der Waals surface area contributed by atoms with Crippen LogP contribution in [0, 0.1) is 5.92 Å². The van der Waals surface area contributed by atoms with E-state index in [2.05, 4.69) is 28.3 Å². The Labute approximate surface area is 117 Å². The molecular weight excluding hydrogens is 256 g/mol. The van der Waals surface area contributed by atoms with Gasteiger partial charge in [-0.3, -0.25) is 0 Å². The monoisotopic (exact) mass is 276 g/mol. The first-order valence-corrected chi connectivity index (χ1v) is 7.87. The zero-order valence-corrected chi connectivity index (χ0v) is 12.1. The van der Waals surface area contributed by atoms with Gasteiger partial charge in [-0.25, -0.2) is 4.98 Å². The lowest BCUT2D eigenvalue weighted by Gasteiger charge is -2.25. The molecule has 1 fully saturated rings. The molecule has 1 saturated carbocycles. The van der Waals surface area contributed by atoms with Crippen molar-refractivity contribution in [1.29, 1.82) is 0 Å². The molecule has 0 amide bonds. The molecule has 0 bridgehead atoms. The fraction of sp³-hybridized carbons (Fsp3) is 0.571. The lowest BCUT2D eigenvalue weighted by atomic mass is 9.83. The van der Waals surface area contributed by atoms with E-state index in [4.69, 9.17) is 5.73 Å². The van der Waals surface area contributed by atoms with Crippen molar-refractivity contribution in [2.45, 2.75) is 39.0 Å². The van der Waals surface area contributed by atoms with Crippen molar-refractivity contribution in [3.05, 3.63) is 10.9 Å². The summed E-state index contributed by atoms with van der Waals surface area (Å²) in [6.07, 6.45) is 6.45. The maximum atomic E-state index is 5.79. The Hall–Kier alpha value is -1.36. The van der Waals surface area contributed by atoms with Crippen LogP contribution in [0.1, 0.15) is 37.5 Å². The van der Waals surface area contributed by atoms with Gasteiger partial charge in [-0.2, -0.15) is 4.98 Å². The van der Waals surface area contributed by atoms with E-state index in [0.29, 0.717) is 5.95 Å². The fourth-order valence-electron chi connectivity index (χ4n) is 2.47. The first-order chi connectivity index (χ1) is 9.26. The summed E-state index contributed by atoms with van der Waals surface area (Å²) in [6, 6.07) is 2.19. The number of aromatic nitrogens is 2. The number of nitrogen functional groups attached to an aromatic ring is 1. The number of nitrogens with one attached hydrogen (secondary N) is 1. The number of nitrogens with zero attached hydrogens (tertiary/aromatic N) is 2. The van der Waals surface area contributed by atoms with E-state index in [1.165, 1.54) is 30.6 Å². The number of nitrogens with two attached hydrogens (primary N) is 1. The Bertz CT molecular complexity index is 574. The number of fused-ring (bicyclic) bond motifs is 1. The molecule has 1 aliphatic rings. The maximum Gasteiger partial charge on any atom is 0.223 e. The Kier molecular flexibility index (Phi) is 3.55. The minimum atomic E-state index is 0.364. The summed E-state index contributed by atoms with van der Waals surface area (Å²) in [7, 11) is 0. The van der Waals surface area contributed by atoms with Crippen molar-refractivity contribution >= 4 is 33.3 Å². The lowest BCUT2D eigenvalue weighted by Crippen LogP contribution is -2.16. The van der Waals surface area contributed by atoms with Gasteiger partial charge in [0, 0.05) is 11.4 Å². The molecule has 3 rings (SSSR count). The van der Waals surface area contributed by atoms with Gasteiger partial charge in [-0.05, 0) is 24.8 Å². The molecular formula is C14H20N4S. The molecule has 4 nitrogen and oxygen atoms in total. The molecule has 2 heterocycles. The lowest BCUT2D eigenvalue weighted by molar-refractivity contribution is 0.303. The SMILES string of the molecule is CCc1cc2c(NCCC3CCC3)nc(N)nc2s1. The van der Waals surface area contributed by atoms with Crippen LogP contribution in [-0.2, 0) is 6.42 Å². The highest BCUT2D eigenvalue weighted by Crippen LogP contribution is 2.31. The fourth-order valence-corrected chi connectivity index (χ4v) is 3.45. The maximum absolute atomic E-state index is 5.79.